The van der Waals surface area contributed by atoms with E-state index in [4.69, 9.17) is 16.7 Å². The average Bonchev–Trinajstić information content (AvgIpc) is 2.21. The van der Waals surface area contributed by atoms with Crippen LogP contribution >= 0.6 is 11.6 Å². The van der Waals surface area contributed by atoms with Gasteiger partial charge in [-0.1, -0.05) is 17.7 Å². The summed E-state index contributed by atoms with van der Waals surface area (Å²) in [4.78, 5) is 10.3. The molecule has 0 radical (unpaired) electrons. The van der Waals surface area contributed by atoms with Crippen LogP contribution < -0.4 is 0 Å². The molecule has 0 aliphatic heterocycles. The molecule has 0 heterocycles. The molecular formula is C10H8ClFO4S. The number of aromatic carboxylic acids is 1. The van der Waals surface area contributed by atoms with Gasteiger partial charge < -0.3 is 5.11 Å². The van der Waals surface area contributed by atoms with Gasteiger partial charge in [0, 0.05) is 0 Å². The summed E-state index contributed by atoms with van der Waals surface area (Å²) in [5.74, 6) is -2.99. The smallest absolute Gasteiger partial charge is 0.337 e. The molecule has 0 aliphatic rings. The largest absolute Gasteiger partial charge is 0.478 e. The fourth-order valence-electron chi connectivity index (χ4n) is 1.15. The first-order valence-electron chi connectivity index (χ1n) is 4.35. The second-order valence-corrected chi connectivity index (χ2v) is 5.55. The fourth-order valence-corrected chi connectivity index (χ4v) is 2.42. The molecule has 0 amide bonds. The Kier molecular flexibility index (Phi) is 3.90. The van der Waals surface area contributed by atoms with Crippen molar-refractivity contribution >= 4 is 27.4 Å². The Bertz CT molecular complexity index is 580. The van der Waals surface area contributed by atoms with Gasteiger partial charge >= 0.3 is 5.97 Å². The minimum Gasteiger partial charge on any atom is -0.478 e. The summed E-state index contributed by atoms with van der Waals surface area (Å²) in [5.41, 5.74) is -0.589. The third-order valence-electron chi connectivity index (χ3n) is 1.93. The summed E-state index contributed by atoms with van der Waals surface area (Å²) in [7, 11) is -3.79. The van der Waals surface area contributed by atoms with Gasteiger partial charge in [-0.25, -0.2) is 17.6 Å². The number of hydrogen-bond donors (Lipinski definition) is 1. The monoisotopic (exact) mass is 278 g/mol. The van der Waals surface area contributed by atoms with Crippen molar-refractivity contribution in [2.75, 3.05) is 5.75 Å². The average molecular weight is 279 g/mol. The summed E-state index contributed by atoms with van der Waals surface area (Å²) >= 11 is 5.42. The lowest BCUT2D eigenvalue weighted by molar-refractivity contribution is 0.0696. The molecule has 1 rings (SSSR count). The van der Waals surface area contributed by atoms with Crippen molar-refractivity contribution in [2.24, 2.45) is 0 Å². The van der Waals surface area contributed by atoms with Crippen molar-refractivity contribution in [1.82, 2.24) is 0 Å². The highest BCUT2D eigenvalue weighted by molar-refractivity contribution is 7.91. The second kappa shape index (κ2) is 4.85. The SMILES string of the molecule is C=CCS(=O)(=O)c1cc(F)c(Cl)c(C(=O)O)c1. The summed E-state index contributed by atoms with van der Waals surface area (Å²) in [6, 6.07) is 1.51. The first-order valence-corrected chi connectivity index (χ1v) is 6.38. The topological polar surface area (TPSA) is 71.4 Å². The van der Waals surface area contributed by atoms with Crippen molar-refractivity contribution in [3.63, 3.8) is 0 Å². The first-order chi connectivity index (χ1) is 7.79. The van der Waals surface area contributed by atoms with Gasteiger partial charge in [0.25, 0.3) is 0 Å². The van der Waals surface area contributed by atoms with Crippen molar-refractivity contribution in [2.45, 2.75) is 4.90 Å². The predicted molar refractivity (Wildman–Crippen MR) is 60.6 cm³/mol. The van der Waals surface area contributed by atoms with Gasteiger partial charge in [-0.15, -0.1) is 6.58 Å². The Morgan fingerprint density at radius 1 is 1.53 bits per heavy atom. The standard InChI is InChI=1S/C10H8ClFO4S/c1-2-3-17(15,16)6-4-7(10(13)14)9(11)8(12)5-6/h2,4-5H,1,3H2,(H,13,14). The predicted octanol–water partition coefficient (Wildman–Crippen LogP) is 2.14. The molecule has 0 bridgehead atoms. The zero-order valence-electron chi connectivity index (χ0n) is 8.48. The Morgan fingerprint density at radius 2 is 2.12 bits per heavy atom. The number of carbonyl (C=O) groups is 1. The molecule has 1 aromatic rings. The highest BCUT2D eigenvalue weighted by Crippen LogP contribution is 2.25. The van der Waals surface area contributed by atoms with E-state index in [1.54, 1.807) is 0 Å². The number of carboxylic acids is 1. The molecule has 4 nitrogen and oxygen atoms in total. The van der Waals surface area contributed by atoms with Crippen LogP contribution in [0.2, 0.25) is 5.02 Å². The molecule has 7 heteroatoms. The Hall–Kier alpha value is -1.40. The molecule has 0 aliphatic carbocycles. The molecule has 1 N–H and O–H groups in total. The van der Waals surface area contributed by atoms with E-state index >= 15 is 0 Å². The number of halogens is 2. The Balaban J connectivity index is 3.49. The van der Waals surface area contributed by atoms with E-state index in [1.165, 1.54) is 0 Å². The maximum absolute atomic E-state index is 13.3. The van der Waals surface area contributed by atoms with Gasteiger partial charge in [-0.2, -0.15) is 0 Å². The third kappa shape index (κ3) is 2.83. The molecule has 17 heavy (non-hydrogen) atoms. The Morgan fingerprint density at radius 3 is 2.59 bits per heavy atom. The highest BCUT2D eigenvalue weighted by atomic mass is 35.5. The minimum atomic E-state index is -3.79. The number of carboxylic acid groups (broad SMARTS) is 1. The highest BCUT2D eigenvalue weighted by Gasteiger charge is 2.20. The molecule has 0 aromatic heterocycles. The van der Waals surface area contributed by atoms with Crippen LogP contribution in [0.3, 0.4) is 0 Å². The van der Waals surface area contributed by atoms with Crippen LogP contribution in [0, 0.1) is 5.82 Å². The van der Waals surface area contributed by atoms with Crippen LogP contribution in [0.4, 0.5) is 4.39 Å². The maximum Gasteiger partial charge on any atom is 0.337 e. The second-order valence-electron chi connectivity index (χ2n) is 3.14. The molecule has 0 fully saturated rings. The quantitative estimate of drug-likeness (QED) is 0.857. The third-order valence-corrected chi connectivity index (χ3v) is 3.94. The van der Waals surface area contributed by atoms with Gasteiger partial charge in [0.05, 0.1) is 21.2 Å². The number of sulfone groups is 1. The molecule has 0 spiro atoms. The van der Waals surface area contributed by atoms with Crippen molar-refractivity contribution < 1.29 is 22.7 Å². The first kappa shape index (κ1) is 13.7. The van der Waals surface area contributed by atoms with E-state index < -0.39 is 42.9 Å². The summed E-state index contributed by atoms with van der Waals surface area (Å²) in [6.07, 6.45) is 1.13. The summed E-state index contributed by atoms with van der Waals surface area (Å²) < 4.78 is 36.5. The van der Waals surface area contributed by atoms with Crippen LogP contribution in [0.1, 0.15) is 10.4 Å². The molecule has 1 aromatic carbocycles. The molecule has 92 valence electrons. The van der Waals surface area contributed by atoms with E-state index in [9.17, 15) is 17.6 Å². The number of benzene rings is 1. The normalized spacial score (nSPS) is 11.2. The van der Waals surface area contributed by atoms with Crippen LogP contribution in [0.5, 0.6) is 0 Å². The lowest BCUT2D eigenvalue weighted by atomic mass is 10.2. The summed E-state index contributed by atoms with van der Waals surface area (Å²) in [5, 5.41) is 8.13. The van der Waals surface area contributed by atoms with Crippen LogP contribution in [-0.4, -0.2) is 25.2 Å². The molecule has 0 atom stereocenters. The van der Waals surface area contributed by atoms with Gasteiger partial charge in [-0.3, -0.25) is 0 Å². The van der Waals surface area contributed by atoms with Crippen molar-refractivity contribution in [1.29, 1.82) is 0 Å². The minimum absolute atomic E-state index is 0.410. The van der Waals surface area contributed by atoms with E-state index in [0.717, 1.165) is 12.1 Å². The van der Waals surface area contributed by atoms with Crippen LogP contribution in [-0.2, 0) is 9.84 Å². The van der Waals surface area contributed by atoms with E-state index in [1.807, 2.05) is 0 Å². The van der Waals surface area contributed by atoms with Crippen LogP contribution in [0.15, 0.2) is 29.7 Å². The van der Waals surface area contributed by atoms with E-state index in [-0.39, 0.29) is 0 Å². The van der Waals surface area contributed by atoms with E-state index in [2.05, 4.69) is 6.58 Å². The zero-order valence-corrected chi connectivity index (χ0v) is 10.1. The maximum atomic E-state index is 13.3. The van der Waals surface area contributed by atoms with Gasteiger partial charge in [0.1, 0.15) is 5.82 Å². The van der Waals surface area contributed by atoms with Gasteiger partial charge in [-0.05, 0) is 12.1 Å². The Labute approximate surface area is 102 Å². The van der Waals surface area contributed by atoms with Crippen molar-refractivity contribution in [3.05, 3.63) is 41.2 Å². The lowest BCUT2D eigenvalue weighted by Gasteiger charge is -2.05. The fraction of sp³-hybridized carbons (Fsp3) is 0.100. The zero-order chi connectivity index (χ0) is 13.2. The molecule has 0 saturated carbocycles. The van der Waals surface area contributed by atoms with Crippen LogP contribution in [0.25, 0.3) is 0 Å². The molecular weight excluding hydrogens is 271 g/mol. The van der Waals surface area contributed by atoms with Gasteiger partial charge in [0.15, 0.2) is 9.84 Å². The van der Waals surface area contributed by atoms with Gasteiger partial charge in [0.2, 0.25) is 0 Å². The summed E-state index contributed by atoms with van der Waals surface area (Å²) in [6.45, 7) is 3.25. The van der Waals surface area contributed by atoms with Crippen molar-refractivity contribution in [3.8, 4) is 0 Å². The number of hydrogen-bond acceptors (Lipinski definition) is 3. The lowest BCUT2D eigenvalue weighted by Crippen LogP contribution is -2.08. The molecule has 0 saturated heterocycles. The van der Waals surface area contributed by atoms with E-state index in [0.29, 0.717) is 6.07 Å². The molecule has 0 unspecified atom stereocenters. The number of rotatable bonds is 4.